The number of fused-ring (bicyclic) bond motifs is 1. The zero-order valence-corrected chi connectivity index (χ0v) is 17.6. The summed E-state index contributed by atoms with van der Waals surface area (Å²) in [7, 11) is 1.89. The molecule has 1 aliphatic heterocycles. The quantitative estimate of drug-likeness (QED) is 0.431. The van der Waals surface area contributed by atoms with E-state index in [9.17, 15) is 0 Å². The molecule has 0 amide bonds. The Morgan fingerprint density at radius 3 is 2.52 bits per heavy atom. The third kappa shape index (κ3) is 4.59. The highest BCUT2D eigenvalue weighted by atomic mass is 127. The Hall–Kier alpha value is -0.370. The number of thiazole rings is 1. The number of likely N-dealkylation sites (tertiary alicyclic amines) is 1. The largest absolute Gasteiger partial charge is 0.351 e. The van der Waals surface area contributed by atoms with Gasteiger partial charge in [-0.25, -0.2) is 4.98 Å². The van der Waals surface area contributed by atoms with Crippen LogP contribution in [0.3, 0.4) is 0 Å². The van der Waals surface area contributed by atoms with Gasteiger partial charge in [0, 0.05) is 31.4 Å². The maximum Gasteiger partial charge on any atom is 0.193 e. The van der Waals surface area contributed by atoms with Crippen LogP contribution in [0.15, 0.2) is 10.4 Å². The van der Waals surface area contributed by atoms with Crippen LogP contribution in [-0.2, 0) is 6.54 Å². The zero-order chi connectivity index (χ0) is 15.5. The molecule has 1 aliphatic carbocycles. The van der Waals surface area contributed by atoms with E-state index in [0.717, 1.165) is 30.0 Å². The molecule has 0 radical (unpaired) electrons. The van der Waals surface area contributed by atoms with Crippen molar-refractivity contribution in [3.63, 3.8) is 0 Å². The fourth-order valence-corrected chi connectivity index (χ4v) is 4.58. The van der Waals surface area contributed by atoms with Crippen molar-refractivity contribution in [1.82, 2.24) is 15.2 Å². The molecular weight excluding hydrogens is 419 g/mol. The number of hydrogen-bond acceptors (Lipinski definition) is 3. The van der Waals surface area contributed by atoms with Gasteiger partial charge in [0.05, 0.1) is 17.2 Å². The second-order valence-corrected chi connectivity index (χ2v) is 7.83. The second-order valence-electron chi connectivity index (χ2n) is 6.94. The van der Waals surface area contributed by atoms with Crippen molar-refractivity contribution in [2.45, 2.75) is 52.0 Å². The molecule has 1 aromatic heterocycles. The second kappa shape index (κ2) is 8.65. The van der Waals surface area contributed by atoms with Gasteiger partial charge in [0.25, 0.3) is 0 Å². The van der Waals surface area contributed by atoms with Gasteiger partial charge in [-0.2, -0.15) is 0 Å². The van der Waals surface area contributed by atoms with Crippen LogP contribution >= 0.6 is 35.3 Å². The molecular formula is C17H29IN4S. The van der Waals surface area contributed by atoms with Crippen molar-refractivity contribution in [3.8, 4) is 0 Å². The molecule has 2 fully saturated rings. The minimum Gasteiger partial charge on any atom is -0.351 e. The molecule has 2 unspecified atom stereocenters. The molecule has 130 valence electrons. The summed E-state index contributed by atoms with van der Waals surface area (Å²) >= 11 is 1.76. The van der Waals surface area contributed by atoms with Crippen molar-refractivity contribution in [3.05, 3.63) is 16.1 Å². The summed E-state index contributed by atoms with van der Waals surface area (Å²) in [5, 5.41) is 6.90. The fraction of sp³-hybridized carbons (Fsp3) is 0.765. The highest BCUT2D eigenvalue weighted by Crippen LogP contribution is 2.35. The summed E-state index contributed by atoms with van der Waals surface area (Å²) in [5.74, 6) is 3.34. The fourth-order valence-electron chi connectivity index (χ4n) is 3.75. The summed E-state index contributed by atoms with van der Waals surface area (Å²) in [4.78, 5) is 11.6. The highest BCUT2D eigenvalue weighted by Gasteiger charge is 2.35. The molecule has 0 spiro atoms. The summed E-state index contributed by atoms with van der Waals surface area (Å²) in [5.41, 5.74) is 1.13. The molecule has 2 atom stereocenters. The number of nitrogens with one attached hydrogen (secondary N) is 1. The first-order valence-electron chi connectivity index (χ1n) is 8.57. The third-order valence-corrected chi connectivity index (χ3v) is 6.17. The first-order chi connectivity index (χ1) is 10.7. The molecule has 2 heterocycles. The lowest BCUT2D eigenvalue weighted by Gasteiger charge is -2.22. The Bertz CT molecular complexity index is 514. The highest BCUT2D eigenvalue weighted by molar-refractivity contribution is 14.0. The van der Waals surface area contributed by atoms with Gasteiger partial charge in [0.1, 0.15) is 0 Å². The van der Waals surface area contributed by atoms with Gasteiger partial charge in [-0.1, -0.05) is 26.7 Å². The van der Waals surface area contributed by atoms with Gasteiger partial charge in [-0.15, -0.1) is 35.3 Å². The molecule has 2 aliphatic rings. The van der Waals surface area contributed by atoms with Gasteiger partial charge in [0.15, 0.2) is 5.96 Å². The van der Waals surface area contributed by atoms with Crippen LogP contribution < -0.4 is 5.32 Å². The Kier molecular flexibility index (Phi) is 7.13. The SMILES string of the molecule is CN=C(NCc1csc(C(C)C)n1)N1CC2CCCCC2C1.I. The van der Waals surface area contributed by atoms with E-state index in [1.54, 1.807) is 11.3 Å². The number of halogens is 1. The topological polar surface area (TPSA) is 40.5 Å². The van der Waals surface area contributed by atoms with E-state index in [-0.39, 0.29) is 24.0 Å². The maximum atomic E-state index is 4.70. The maximum absolute atomic E-state index is 4.70. The van der Waals surface area contributed by atoms with Gasteiger partial charge < -0.3 is 10.2 Å². The van der Waals surface area contributed by atoms with Crippen molar-refractivity contribution in [1.29, 1.82) is 0 Å². The average Bonchev–Trinajstić information content (AvgIpc) is 3.14. The molecule has 4 nitrogen and oxygen atoms in total. The molecule has 3 rings (SSSR count). The van der Waals surface area contributed by atoms with Crippen LogP contribution in [0, 0.1) is 11.8 Å². The Morgan fingerprint density at radius 2 is 2.00 bits per heavy atom. The lowest BCUT2D eigenvalue weighted by molar-refractivity contribution is 0.299. The Balaban J connectivity index is 0.00000192. The number of aliphatic imine (C=N–C) groups is 1. The number of hydrogen-bond donors (Lipinski definition) is 1. The standard InChI is InChI=1S/C17H28N4S.HI/c1-12(2)16-20-15(11-22-16)8-19-17(18-3)21-9-13-6-4-5-7-14(13)10-21;/h11-14H,4-10H2,1-3H3,(H,18,19);1H. The monoisotopic (exact) mass is 448 g/mol. The summed E-state index contributed by atoms with van der Waals surface area (Å²) < 4.78 is 0. The molecule has 1 N–H and O–H groups in total. The van der Waals surface area contributed by atoms with Crippen molar-refractivity contribution in [2.24, 2.45) is 16.8 Å². The van der Waals surface area contributed by atoms with Gasteiger partial charge in [-0.3, -0.25) is 4.99 Å². The normalized spacial score (nSPS) is 24.5. The van der Waals surface area contributed by atoms with Crippen molar-refractivity contribution >= 4 is 41.3 Å². The van der Waals surface area contributed by atoms with E-state index < -0.39 is 0 Å². The summed E-state index contributed by atoms with van der Waals surface area (Å²) in [6.45, 7) is 7.53. The predicted octanol–water partition coefficient (Wildman–Crippen LogP) is 4.08. The minimum atomic E-state index is 0. The van der Waals surface area contributed by atoms with Crippen LogP contribution in [-0.4, -0.2) is 36.0 Å². The van der Waals surface area contributed by atoms with E-state index in [4.69, 9.17) is 4.98 Å². The Morgan fingerprint density at radius 1 is 1.35 bits per heavy atom. The number of nitrogens with zero attached hydrogens (tertiary/aromatic N) is 3. The van der Waals surface area contributed by atoms with Gasteiger partial charge in [-0.05, 0) is 24.7 Å². The molecule has 23 heavy (non-hydrogen) atoms. The Labute approximate surface area is 161 Å². The molecule has 0 bridgehead atoms. The zero-order valence-electron chi connectivity index (χ0n) is 14.4. The van der Waals surface area contributed by atoms with E-state index in [2.05, 4.69) is 34.4 Å². The third-order valence-electron chi connectivity index (χ3n) is 4.98. The average molecular weight is 448 g/mol. The van der Waals surface area contributed by atoms with Crippen LogP contribution in [0.2, 0.25) is 0 Å². The smallest absolute Gasteiger partial charge is 0.193 e. The molecule has 1 aromatic rings. The van der Waals surface area contributed by atoms with Crippen LogP contribution in [0.25, 0.3) is 0 Å². The number of aromatic nitrogens is 1. The molecule has 0 aromatic carbocycles. The molecule has 1 saturated carbocycles. The van der Waals surface area contributed by atoms with Crippen LogP contribution in [0.1, 0.15) is 56.2 Å². The first-order valence-corrected chi connectivity index (χ1v) is 9.45. The molecule has 1 saturated heterocycles. The van der Waals surface area contributed by atoms with E-state index in [1.807, 2.05) is 7.05 Å². The van der Waals surface area contributed by atoms with E-state index in [0.29, 0.717) is 5.92 Å². The van der Waals surface area contributed by atoms with E-state index in [1.165, 1.54) is 43.8 Å². The van der Waals surface area contributed by atoms with Crippen molar-refractivity contribution < 1.29 is 0 Å². The predicted molar refractivity (Wildman–Crippen MR) is 109 cm³/mol. The lowest BCUT2D eigenvalue weighted by atomic mass is 9.82. The van der Waals surface area contributed by atoms with Gasteiger partial charge >= 0.3 is 0 Å². The summed E-state index contributed by atoms with van der Waals surface area (Å²) in [6, 6.07) is 0. The summed E-state index contributed by atoms with van der Waals surface area (Å²) in [6.07, 6.45) is 5.64. The first kappa shape index (κ1) is 19.0. The number of rotatable bonds is 3. The van der Waals surface area contributed by atoms with Crippen LogP contribution in [0.4, 0.5) is 0 Å². The van der Waals surface area contributed by atoms with Gasteiger partial charge in [0.2, 0.25) is 0 Å². The molecule has 6 heteroatoms. The van der Waals surface area contributed by atoms with Crippen molar-refractivity contribution in [2.75, 3.05) is 20.1 Å². The number of guanidine groups is 1. The lowest BCUT2D eigenvalue weighted by Crippen LogP contribution is -2.39. The van der Waals surface area contributed by atoms with Crippen LogP contribution in [0.5, 0.6) is 0 Å². The minimum absolute atomic E-state index is 0. The van der Waals surface area contributed by atoms with E-state index >= 15 is 0 Å².